The number of carbonyl (C=O) groups excluding carboxylic acids is 1. The molecular weight excluding hydrogens is 122 g/mol. The molecule has 0 aromatic heterocycles. The van der Waals surface area contributed by atoms with Crippen molar-refractivity contribution in [3.05, 3.63) is 0 Å². The van der Waals surface area contributed by atoms with Gasteiger partial charge < -0.3 is 9.47 Å². The Kier molecular flexibility index (Phi) is 4.23. The second-order valence-corrected chi connectivity index (χ2v) is 1.13. The molecule has 0 atom stereocenters. The number of hydrogen-bond donors (Lipinski definition) is 0. The monoisotopic (exact) mass is 129 g/mol. The summed E-state index contributed by atoms with van der Waals surface area (Å²) in [4.78, 5) is 10.2. The molecule has 0 saturated carbocycles. The van der Waals surface area contributed by atoms with E-state index in [9.17, 15) is 4.79 Å². The number of rotatable bonds is 2. The molecule has 0 aromatic rings. The highest BCUT2D eigenvalue weighted by atomic mass is 16.7. The topological polar surface area (TPSA) is 59.3 Å². The number of nitrogens with zero attached hydrogens (tertiary/aromatic N) is 1. The van der Waals surface area contributed by atoms with Gasteiger partial charge in [-0.25, -0.2) is 4.79 Å². The fourth-order valence-corrected chi connectivity index (χ4v) is 0.251. The highest BCUT2D eigenvalue weighted by Crippen LogP contribution is 1.82. The highest BCUT2D eigenvalue weighted by Gasteiger charge is 1.98. The van der Waals surface area contributed by atoms with Crippen LogP contribution in [0.1, 0.15) is 6.92 Å². The zero-order valence-electron chi connectivity index (χ0n) is 5.09. The summed E-state index contributed by atoms with van der Waals surface area (Å²) in [7, 11) is 0. The minimum absolute atomic E-state index is 0.251. The summed E-state index contributed by atoms with van der Waals surface area (Å²) >= 11 is 0. The lowest BCUT2D eigenvalue weighted by molar-refractivity contribution is 0.0683. The molecule has 0 aromatic carbocycles. The SMILES string of the molecule is CCOC(=O)OCC#N. The first-order valence-corrected chi connectivity index (χ1v) is 2.47. The van der Waals surface area contributed by atoms with E-state index in [0.29, 0.717) is 0 Å². The van der Waals surface area contributed by atoms with E-state index in [2.05, 4.69) is 9.47 Å². The number of hydrogen-bond acceptors (Lipinski definition) is 4. The summed E-state index contributed by atoms with van der Waals surface area (Å²) in [5.74, 6) is 0. The average molecular weight is 129 g/mol. The van der Waals surface area contributed by atoms with Crippen LogP contribution in [0.2, 0.25) is 0 Å². The number of ether oxygens (including phenoxy) is 2. The molecule has 0 fully saturated rings. The summed E-state index contributed by atoms with van der Waals surface area (Å²) in [6.07, 6.45) is -0.793. The van der Waals surface area contributed by atoms with Gasteiger partial charge >= 0.3 is 6.16 Å². The maximum Gasteiger partial charge on any atom is 0.509 e. The Labute approximate surface area is 53.0 Å². The van der Waals surface area contributed by atoms with E-state index < -0.39 is 6.16 Å². The smallest absolute Gasteiger partial charge is 0.435 e. The van der Waals surface area contributed by atoms with Gasteiger partial charge in [0, 0.05) is 0 Å². The third-order valence-electron chi connectivity index (χ3n) is 0.517. The van der Waals surface area contributed by atoms with Crippen LogP contribution in [0.25, 0.3) is 0 Å². The molecule has 0 heterocycles. The van der Waals surface area contributed by atoms with E-state index in [1.807, 2.05) is 0 Å². The van der Waals surface area contributed by atoms with Crippen LogP contribution >= 0.6 is 0 Å². The Bertz CT molecular complexity index is 127. The van der Waals surface area contributed by atoms with Crippen molar-refractivity contribution < 1.29 is 14.3 Å². The summed E-state index contributed by atoms with van der Waals surface area (Å²) in [5.41, 5.74) is 0. The Hall–Kier alpha value is -1.24. The Morgan fingerprint density at radius 2 is 2.33 bits per heavy atom. The van der Waals surface area contributed by atoms with Crippen molar-refractivity contribution in [3.63, 3.8) is 0 Å². The average Bonchev–Trinajstić information content (AvgIpc) is 1.85. The molecule has 0 aliphatic heterocycles. The van der Waals surface area contributed by atoms with Crippen LogP contribution in [0.3, 0.4) is 0 Å². The molecule has 0 N–H and O–H groups in total. The molecule has 0 aliphatic carbocycles. The Morgan fingerprint density at radius 3 is 2.78 bits per heavy atom. The van der Waals surface area contributed by atoms with Gasteiger partial charge in [-0.3, -0.25) is 0 Å². The Morgan fingerprint density at radius 1 is 1.67 bits per heavy atom. The standard InChI is InChI=1S/C5H7NO3/c1-2-8-5(7)9-4-3-6/h2,4H2,1H3. The van der Waals surface area contributed by atoms with E-state index >= 15 is 0 Å². The first-order chi connectivity index (χ1) is 4.31. The van der Waals surface area contributed by atoms with Crippen LogP contribution in [0.4, 0.5) is 4.79 Å². The van der Waals surface area contributed by atoms with Gasteiger partial charge in [-0.15, -0.1) is 0 Å². The minimum Gasteiger partial charge on any atom is -0.435 e. The van der Waals surface area contributed by atoms with E-state index in [1.54, 1.807) is 13.0 Å². The van der Waals surface area contributed by atoms with Gasteiger partial charge in [-0.1, -0.05) is 0 Å². The quantitative estimate of drug-likeness (QED) is 0.514. The highest BCUT2D eigenvalue weighted by molar-refractivity contribution is 5.59. The summed E-state index contributed by atoms with van der Waals surface area (Å²) in [5, 5.41) is 7.90. The fraction of sp³-hybridized carbons (Fsp3) is 0.600. The van der Waals surface area contributed by atoms with E-state index in [1.165, 1.54) is 0 Å². The van der Waals surface area contributed by atoms with Crippen molar-refractivity contribution in [1.82, 2.24) is 0 Å². The zero-order valence-corrected chi connectivity index (χ0v) is 5.09. The van der Waals surface area contributed by atoms with E-state index in [-0.39, 0.29) is 13.2 Å². The number of nitriles is 1. The number of carbonyl (C=O) groups is 1. The molecule has 0 rings (SSSR count). The van der Waals surface area contributed by atoms with Crippen LogP contribution in [0, 0.1) is 11.3 Å². The Balaban J connectivity index is 3.19. The first kappa shape index (κ1) is 7.76. The minimum atomic E-state index is -0.793. The van der Waals surface area contributed by atoms with Gasteiger partial charge in [0.05, 0.1) is 6.61 Å². The van der Waals surface area contributed by atoms with Crippen molar-refractivity contribution in [2.75, 3.05) is 13.2 Å². The summed E-state index contributed by atoms with van der Waals surface area (Å²) in [6, 6.07) is 1.63. The lowest BCUT2D eigenvalue weighted by Gasteiger charge is -1.97. The van der Waals surface area contributed by atoms with Crippen LogP contribution in [-0.4, -0.2) is 19.4 Å². The molecule has 0 bridgehead atoms. The van der Waals surface area contributed by atoms with Gasteiger partial charge in [0.1, 0.15) is 6.07 Å². The molecule has 0 spiro atoms. The maximum atomic E-state index is 10.2. The van der Waals surface area contributed by atoms with Crippen molar-refractivity contribution in [3.8, 4) is 6.07 Å². The maximum absolute atomic E-state index is 10.2. The van der Waals surface area contributed by atoms with Crippen molar-refractivity contribution in [2.24, 2.45) is 0 Å². The van der Waals surface area contributed by atoms with Gasteiger partial charge in [0.15, 0.2) is 6.61 Å². The molecule has 0 radical (unpaired) electrons. The summed E-state index contributed by atoms with van der Waals surface area (Å²) < 4.78 is 8.54. The first-order valence-electron chi connectivity index (χ1n) is 2.47. The second-order valence-electron chi connectivity index (χ2n) is 1.13. The second kappa shape index (κ2) is 4.91. The molecule has 0 aliphatic rings. The third kappa shape index (κ3) is 4.62. The van der Waals surface area contributed by atoms with Crippen molar-refractivity contribution in [2.45, 2.75) is 6.92 Å². The molecule has 50 valence electrons. The van der Waals surface area contributed by atoms with Crippen LogP contribution < -0.4 is 0 Å². The van der Waals surface area contributed by atoms with Gasteiger partial charge in [0.2, 0.25) is 0 Å². The van der Waals surface area contributed by atoms with Crippen LogP contribution in [-0.2, 0) is 9.47 Å². The fourth-order valence-electron chi connectivity index (χ4n) is 0.251. The van der Waals surface area contributed by atoms with Gasteiger partial charge in [-0.2, -0.15) is 5.26 Å². The van der Waals surface area contributed by atoms with Crippen molar-refractivity contribution >= 4 is 6.16 Å². The largest absolute Gasteiger partial charge is 0.509 e. The molecule has 9 heavy (non-hydrogen) atoms. The normalized spacial score (nSPS) is 7.56. The lowest BCUT2D eigenvalue weighted by Crippen LogP contribution is -2.06. The zero-order chi connectivity index (χ0) is 7.11. The van der Waals surface area contributed by atoms with Crippen LogP contribution in [0.5, 0.6) is 0 Å². The lowest BCUT2D eigenvalue weighted by atomic mass is 10.8. The predicted octanol–water partition coefficient (Wildman–Crippen LogP) is 0.683. The van der Waals surface area contributed by atoms with Gasteiger partial charge in [-0.05, 0) is 6.92 Å². The third-order valence-corrected chi connectivity index (χ3v) is 0.517. The predicted molar refractivity (Wildman–Crippen MR) is 28.6 cm³/mol. The molecule has 0 saturated heterocycles. The molecule has 4 heteroatoms. The van der Waals surface area contributed by atoms with E-state index in [0.717, 1.165) is 0 Å². The summed E-state index contributed by atoms with van der Waals surface area (Å²) in [6.45, 7) is 1.68. The molecule has 4 nitrogen and oxygen atoms in total. The van der Waals surface area contributed by atoms with E-state index in [4.69, 9.17) is 5.26 Å². The molecular formula is C5H7NO3. The van der Waals surface area contributed by atoms with Crippen molar-refractivity contribution in [1.29, 1.82) is 5.26 Å². The molecule has 0 amide bonds. The van der Waals surface area contributed by atoms with Gasteiger partial charge in [0.25, 0.3) is 0 Å². The van der Waals surface area contributed by atoms with Crippen LogP contribution in [0.15, 0.2) is 0 Å². The molecule has 0 unspecified atom stereocenters.